The van der Waals surface area contributed by atoms with Crippen LogP contribution in [-0.4, -0.2) is 48.8 Å². The predicted octanol–water partition coefficient (Wildman–Crippen LogP) is 2.54. The number of amides is 1. The molecule has 0 spiro atoms. The molecule has 2 N–H and O–H groups in total. The molecule has 3 fully saturated rings. The third kappa shape index (κ3) is 2.76. The van der Waals surface area contributed by atoms with Crippen LogP contribution in [0, 0.1) is 11.3 Å². The van der Waals surface area contributed by atoms with Gasteiger partial charge in [0.05, 0.1) is 19.3 Å². The van der Waals surface area contributed by atoms with Crippen LogP contribution in [0.25, 0.3) is 0 Å². The van der Waals surface area contributed by atoms with E-state index in [-0.39, 0.29) is 41.9 Å². The maximum Gasteiger partial charge on any atom is 0.243 e. The second-order valence-corrected chi connectivity index (χ2v) is 8.15. The van der Waals surface area contributed by atoms with Crippen LogP contribution in [0.5, 0.6) is 0 Å². The Labute approximate surface area is 161 Å². The van der Waals surface area contributed by atoms with Crippen molar-refractivity contribution in [3.8, 4) is 0 Å². The molecule has 1 aliphatic carbocycles. The molecule has 4 rings (SSSR count). The molecule has 4 unspecified atom stereocenters. The Kier molecular flexibility index (Phi) is 5.37. The summed E-state index contributed by atoms with van der Waals surface area (Å²) in [5.41, 5.74) is 6.72. The summed E-state index contributed by atoms with van der Waals surface area (Å²) in [6.45, 7) is 6.65. The molecule has 144 valence electrons. The number of halogens is 1. The van der Waals surface area contributed by atoms with Gasteiger partial charge in [0, 0.05) is 24.5 Å². The number of ether oxygens (including phenoxy) is 2. The number of benzene rings is 1. The van der Waals surface area contributed by atoms with E-state index in [2.05, 4.69) is 26.0 Å². The first-order valence-electron chi connectivity index (χ1n) is 9.32. The fourth-order valence-corrected chi connectivity index (χ4v) is 4.97. The van der Waals surface area contributed by atoms with E-state index >= 15 is 0 Å². The summed E-state index contributed by atoms with van der Waals surface area (Å²) >= 11 is 0. The van der Waals surface area contributed by atoms with Crippen LogP contribution in [0.1, 0.15) is 38.4 Å². The molecule has 2 aliphatic heterocycles. The van der Waals surface area contributed by atoms with Crippen LogP contribution in [0.4, 0.5) is 0 Å². The van der Waals surface area contributed by atoms with Gasteiger partial charge in [0.15, 0.2) is 0 Å². The van der Waals surface area contributed by atoms with E-state index in [1.165, 1.54) is 0 Å². The molecule has 0 radical (unpaired) electrons. The van der Waals surface area contributed by atoms with Crippen LogP contribution < -0.4 is 5.73 Å². The molecule has 6 heteroatoms. The van der Waals surface area contributed by atoms with Crippen LogP contribution in [-0.2, 0) is 14.3 Å². The minimum Gasteiger partial charge on any atom is -0.377 e. The third-order valence-corrected chi connectivity index (χ3v) is 6.56. The fraction of sp³-hybridized carbons (Fsp3) is 0.650. The lowest BCUT2D eigenvalue weighted by molar-refractivity contribution is -0.232. The SMILES string of the molecule is CC1(C)C2OCCCC2C1(N)C(=O)N1CCOC(c2ccccc2)C1.Cl. The number of fused-ring (bicyclic) bond motifs is 1. The van der Waals surface area contributed by atoms with E-state index in [1.54, 1.807) is 0 Å². The maximum absolute atomic E-state index is 13.4. The molecule has 4 atom stereocenters. The van der Waals surface area contributed by atoms with Crippen molar-refractivity contribution in [2.75, 3.05) is 26.3 Å². The number of nitrogens with zero attached hydrogens (tertiary/aromatic N) is 1. The lowest BCUT2D eigenvalue weighted by atomic mass is 9.46. The monoisotopic (exact) mass is 380 g/mol. The van der Waals surface area contributed by atoms with E-state index in [1.807, 2.05) is 23.1 Å². The summed E-state index contributed by atoms with van der Waals surface area (Å²) in [6.07, 6.45) is 1.98. The molecule has 3 aliphatic rings. The average Bonchev–Trinajstić information content (AvgIpc) is 2.67. The van der Waals surface area contributed by atoms with Crippen molar-refractivity contribution < 1.29 is 14.3 Å². The summed E-state index contributed by atoms with van der Waals surface area (Å²) in [4.78, 5) is 15.3. The standard InChI is InChI=1S/C20H28N2O3.ClH/c1-19(2)17-15(9-6-11-25-17)20(19,21)18(23)22-10-12-24-16(13-22)14-7-4-3-5-8-14;/h3-5,7-8,15-17H,6,9-13,21H2,1-2H3;1H. The van der Waals surface area contributed by atoms with Gasteiger partial charge in [0.25, 0.3) is 0 Å². The Balaban J connectivity index is 0.00000196. The van der Waals surface area contributed by atoms with Gasteiger partial charge >= 0.3 is 0 Å². The number of nitrogens with two attached hydrogens (primary N) is 1. The molecule has 0 bridgehead atoms. The summed E-state index contributed by atoms with van der Waals surface area (Å²) in [6, 6.07) is 10.1. The van der Waals surface area contributed by atoms with Crippen molar-refractivity contribution in [3.05, 3.63) is 35.9 Å². The first-order chi connectivity index (χ1) is 12.0. The molecule has 1 aromatic carbocycles. The lowest BCUT2D eigenvalue weighted by Gasteiger charge is -2.66. The van der Waals surface area contributed by atoms with Crippen molar-refractivity contribution in [2.45, 2.75) is 44.4 Å². The third-order valence-electron chi connectivity index (χ3n) is 6.56. The van der Waals surface area contributed by atoms with Gasteiger partial charge in [-0.2, -0.15) is 0 Å². The van der Waals surface area contributed by atoms with Gasteiger partial charge in [0.2, 0.25) is 5.91 Å². The first-order valence-corrected chi connectivity index (χ1v) is 9.32. The molecule has 1 amide bonds. The quantitative estimate of drug-likeness (QED) is 0.856. The molecule has 2 saturated heterocycles. The summed E-state index contributed by atoms with van der Waals surface area (Å²) in [7, 11) is 0. The van der Waals surface area contributed by atoms with Gasteiger partial charge in [-0.05, 0) is 18.4 Å². The van der Waals surface area contributed by atoms with E-state index in [9.17, 15) is 4.79 Å². The minimum atomic E-state index is -0.837. The normalized spacial score (nSPS) is 35.7. The van der Waals surface area contributed by atoms with Crippen molar-refractivity contribution >= 4 is 18.3 Å². The van der Waals surface area contributed by atoms with Crippen LogP contribution >= 0.6 is 12.4 Å². The average molecular weight is 381 g/mol. The van der Waals surface area contributed by atoms with Crippen molar-refractivity contribution in [1.82, 2.24) is 4.90 Å². The van der Waals surface area contributed by atoms with Crippen LogP contribution in [0.2, 0.25) is 0 Å². The number of morpholine rings is 1. The van der Waals surface area contributed by atoms with Gasteiger partial charge in [-0.15, -0.1) is 12.4 Å². The van der Waals surface area contributed by atoms with Gasteiger partial charge in [0.1, 0.15) is 11.6 Å². The lowest BCUT2D eigenvalue weighted by Crippen LogP contribution is -2.82. The van der Waals surface area contributed by atoms with E-state index < -0.39 is 5.54 Å². The highest BCUT2D eigenvalue weighted by Crippen LogP contribution is 2.58. The highest BCUT2D eigenvalue weighted by molar-refractivity contribution is 5.89. The summed E-state index contributed by atoms with van der Waals surface area (Å²) < 4.78 is 11.8. The van der Waals surface area contributed by atoms with Gasteiger partial charge < -0.3 is 20.1 Å². The van der Waals surface area contributed by atoms with Crippen LogP contribution in [0.3, 0.4) is 0 Å². The van der Waals surface area contributed by atoms with Crippen LogP contribution in [0.15, 0.2) is 30.3 Å². The zero-order valence-electron chi connectivity index (χ0n) is 15.5. The number of hydrogen-bond acceptors (Lipinski definition) is 4. The second kappa shape index (κ2) is 7.12. The van der Waals surface area contributed by atoms with Crippen molar-refractivity contribution in [2.24, 2.45) is 17.1 Å². The Bertz CT molecular complexity index is 654. The summed E-state index contributed by atoms with van der Waals surface area (Å²) in [5.74, 6) is 0.190. The molecular weight excluding hydrogens is 352 g/mol. The first kappa shape index (κ1) is 19.6. The number of rotatable bonds is 2. The Hall–Kier alpha value is -1.14. The molecule has 2 heterocycles. The van der Waals surface area contributed by atoms with Crippen molar-refractivity contribution in [3.63, 3.8) is 0 Å². The predicted molar refractivity (Wildman–Crippen MR) is 102 cm³/mol. The van der Waals surface area contributed by atoms with Gasteiger partial charge in [-0.25, -0.2) is 0 Å². The zero-order chi connectivity index (χ0) is 17.7. The van der Waals surface area contributed by atoms with E-state index in [0.29, 0.717) is 19.7 Å². The smallest absolute Gasteiger partial charge is 0.243 e. The highest BCUT2D eigenvalue weighted by atomic mass is 35.5. The number of carbonyl (C=O) groups is 1. The molecule has 5 nitrogen and oxygen atoms in total. The highest BCUT2D eigenvalue weighted by Gasteiger charge is 2.70. The summed E-state index contributed by atoms with van der Waals surface area (Å²) in [5, 5.41) is 0. The van der Waals surface area contributed by atoms with Gasteiger partial charge in [-0.3, -0.25) is 4.79 Å². The van der Waals surface area contributed by atoms with Gasteiger partial charge in [-0.1, -0.05) is 44.2 Å². The maximum atomic E-state index is 13.4. The molecule has 1 aromatic rings. The Morgan fingerprint density at radius 2 is 1.92 bits per heavy atom. The topological polar surface area (TPSA) is 64.8 Å². The second-order valence-electron chi connectivity index (χ2n) is 8.15. The molecular formula is C20H29ClN2O3. The van der Waals surface area contributed by atoms with Crippen molar-refractivity contribution in [1.29, 1.82) is 0 Å². The number of hydrogen-bond donors (Lipinski definition) is 1. The molecule has 26 heavy (non-hydrogen) atoms. The largest absolute Gasteiger partial charge is 0.377 e. The molecule has 1 saturated carbocycles. The zero-order valence-corrected chi connectivity index (χ0v) is 16.3. The Morgan fingerprint density at radius 3 is 2.65 bits per heavy atom. The Morgan fingerprint density at radius 1 is 1.19 bits per heavy atom. The number of carbonyl (C=O) groups excluding carboxylic acids is 1. The fourth-order valence-electron chi connectivity index (χ4n) is 4.97. The van der Waals surface area contributed by atoms with E-state index in [4.69, 9.17) is 15.2 Å². The van der Waals surface area contributed by atoms with E-state index in [0.717, 1.165) is 25.0 Å². The minimum absolute atomic E-state index is 0. The molecule has 0 aromatic heterocycles.